The van der Waals surface area contributed by atoms with Crippen LogP contribution >= 0.6 is 0 Å². The third-order valence-corrected chi connectivity index (χ3v) is 5.85. The van der Waals surface area contributed by atoms with Gasteiger partial charge in [0.15, 0.2) is 0 Å². The zero-order chi connectivity index (χ0) is 20.0. The van der Waals surface area contributed by atoms with E-state index in [4.69, 9.17) is 9.47 Å². The van der Waals surface area contributed by atoms with Gasteiger partial charge < -0.3 is 9.47 Å². The summed E-state index contributed by atoms with van der Waals surface area (Å²) in [4.78, 5) is 0. The average Bonchev–Trinajstić information content (AvgIpc) is 3.53. The van der Waals surface area contributed by atoms with Crippen LogP contribution in [-0.4, -0.2) is 19.3 Å². The van der Waals surface area contributed by atoms with Gasteiger partial charge in [-0.3, -0.25) is 0 Å². The first-order chi connectivity index (χ1) is 13.9. The second-order valence-electron chi connectivity index (χ2n) is 8.81. The monoisotopic (exact) mass is 394 g/mol. The Bertz CT molecular complexity index is 322. The van der Waals surface area contributed by atoms with E-state index in [1.165, 1.54) is 122 Å². The lowest BCUT2D eigenvalue weighted by Gasteiger charge is -2.04. The van der Waals surface area contributed by atoms with E-state index in [2.05, 4.69) is 13.0 Å². The SMILES string of the molecule is CCCCCCCCCCCCCCCCCCCCCC=COCC1CO1. The molecule has 0 saturated carbocycles. The number of epoxide rings is 1. The van der Waals surface area contributed by atoms with Crippen molar-refractivity contribution < 1.29 is 9.47 Å². The second kappa shape index (κ2) is 21.2. The summed E-state index contributed by atoms with van der Waals surface area (Å²) in [5.41, 5.74) is 0. The maximum atomic E-state index is 5.39. The zero-order valence-electron chi connectivity index (χ0n) is 19.1. The molecular weight excluding hydrogens is 344 g/mol. The van der Waals surface area contributed by atoms with Gasteiger partial charge in [0.05, 0.1) is 12.9 Å². The molecule has 1 unspecified atom stereocenters. The van der Waals surface area contributed by atoms with Crippen LogP contribution in [0.25, 0.3) is 0 Å². The molecule has 1 rings (SSSR count). The molecule has 2 nitrogen and oxygen atoms in total. The lowest BCUT2D eigenvalue weighted by Crippen LogP contribution is -1.94. The molecular formula is C26H50O2. The van der Waals surface area contributed by atoms with Crippen LogP contribution < -0.4 is 0 Å². The predicted octanol–water partition coefficient (Wildman–Crippen LogP) is 8.74. The molecule has 0 aromatic carbocycles. The predicted molar refractivity (Wildman–Crippen MR) is 123 cm³/mol. The first-order valence-electron chi connectivity index (χ1n) is 12.8. The molecule has 0 spiro atoms. The first kappa shape index (κ1) is 25.5. The Hall–Kier alpha value is -0.500. The van der Waals surface area contributed by atoms with Gasteiger partial charge in [-0.05, 0) is 18.9 Å². The Kier molecular flexibility index (Phi) is 19.3. The summed E-state index contributed by atoms with van der Waals surface area (Å²) < 4.78 is 10.5. The molecule has 1 fully saturated rings. The lowest BCUT2D eigenvalue weighted by atomic mass is 10.0. The van der Waals surface area contributed by atoms with E-state index < -0.39 is 0 Å². The Morgan fingerprint density at radius 2 is 1.04 bits per heavy atom. The molecule has 166 valence electrons. The molecule has 0 bridgehead atoms. The molecule has 0 N–H and O–H groups in total. The fraction of sp³-hybridized carbons (Fsp3) is 0.923. The largest absolute Gasteiger partial charge is 0.499 e. The van der Waals surface area contributed by atoms with Crippen molar-refractivity contribution in [1.29, 1.82) is 0 Å². The van der Waals surface area contributed by atoms with Crippen molar-refractivity contribution in [2.24, 2.45) is 0 Å². The highest BCUT2D eigenvalue weighted by atomic mass is 16.6. The number of unbranched alkanes of at least 4 members (excludes halogenated alkanes) is 19. The van der Waals surface area contributed by atoms with Crippen molar-refractivity contribution in [3.8, 4) is 0 Å². The van der Waals surface area contributed by atoms with Crippen molar-refractivity contribution in [3.63, 3.8) is 0 Å². The third-order valence-electron chi connectivity index (χ3n) is 5.85. The second-order valence-corrected chi connectivity index (χ2v) is 8.81. The third kappa shape index (κ3) is 20.2. The molecule has 0 aromatic heterocycles. The van der Waals surface area contributed by atoms with E-state index in [0.717, 1.165) is 19.6 Å². The molecule has 2 heteroatoms. The Morgan fingerprint density at radius 1 is 0.643 bits per heavy atom. The molecule has 0 aromatic rings. The van der Waals surface area contributed by atoms with Crippen molar-refractivity contribution in [3.05, 3.63) is 12.3 Å². The quantitative estimate of drug-likeness (QED) is 0.0981. The van der Waals surface area contributed by atoms with Gasteiger partial charge in [-0.25, -0.2) is 0 Å². The van der Waals surface area contributed by atoms with Crippen LogP contribution in [0.3, 0.4) is 0 Å². The van der Waals surface area contributed by atoms with E-state index in [0.29, 0.717) is 6.10 Å². The van der Waals surface area contributed by atoms with Crippen LogP contribution in [0.4, 0.5) is 0 Å². The summed E-state index contributed by atoms with van der Waals surface area (Å²) in [7, 11) is 0. The minimum atomic E-state index is 0.375. The van der Waals surface area contributed by atoms with E-state index in [-0.39, 0.29) is 0 Å². The fourth-order valence-corrected chi connectivity index (χ4v) is 3.80. The zero-order valence-corrected chi connectivity index (χ0v) is 19.1. The van der Waals surface area contributed by atoms with E-state index in [1.54, 1.807) is 0 Å². The van der Waals surface area contributed by atoms with Gasteiger partial charge in [-0.15, -0.1) is 0 Å². The average molecular weight is 395 g/mol. The van der Waals surface area contributed by atoms with Crippen molar-refractivity contribution in [2.45, 2.75) is 141 Å². The molecule has 0 amide bonds. The van der Waals surface area contributed by atoms with E-state index in [1.807, 2.05) is 6.26 Å². The van der Waals surface area contributed by atoms with Crippen molar-refractivity contribution >= 4 is 0 Å². The molecule has 1 aliphatic heterocycles. The number of ether oxygens (including phenoxy) is 2. The summed E-state index contributed by atoms with van der Waals surface area (Å²) in [5.74, 6) is 0. The van der Waals surface area contributed by atoms with E-state index in [9.17, 15) is 0 Å². The Morgan fingerprint density at radius 3 is 1.43 bits per heavy atom. The van der Waals surface area contributed by atoms with Crippen molar-refractivity contribution in [1.82, 2.24) is 0 Å². The topological polar surface area (TPSA) is 21.8 Å². The molecule has 28 heavy (non-hydrogen) atoms. The maximum absolute atomic E-state index is 5.39. The molecule has 0 radical (unpaired) electrons. The summed E-state index contributed by atoms with van der Waals surface area (Å²) in [6, 6.07) is 0. The standard InChI is InChI=1S/C26H50O2/c1-2-3-4-5-6-7-8-9-10-11-12-13-14-15-16-17-18-19-20-21-22-23-27-24-26-25-28-26/h22-23,26H,2-21,24-25H2,1H3. The maximum Gasteiger partial charge on any atom is 0.116 e. The lowest BCUT2D eigenvalue weighted by molar-refractivity contribution is 0.211. The number of hydrogen-bond donors (Lipinski definition) is 0. The van der Waals surface area contributed by atoms with Gasteiger partial charge in [-0.2, -0.15) is 0 Å². The van der Waals surface area contributed by atoms with Gasteiger partial charge in [-0.1, -0.05) is 122 Å². The number of allylic oxidation sites excluding steroid dienone is 1. The van der Waals surface area contributed by atoms with Crippen LogP contribution in [0.2, 0.25) is 0 Å². The molecule has 1 aliphatic rings. The minimum Gasteiger partial charge on any atom is -0.499 e. The van der Waals surface area contributed by atoms with Gasteiger partial charge in [0, 0.05) is 0 Å². The number of rotatable bonds is 23. The van der Waals surface area contributed by atoms with Crippen LogP contribution in [0.15, 0.2) is 12.3 Å². The Labute approximate surface area is 176 Å². The number of hydrogen-bond acceptors (Lipinski definition) is 2. The van der Waals surface area contributed by atoms with Crippen LogP contribution in [0, 0.1) is 0 Å². The highest BCUT2D eigenvalue weighted by Gasteiger charge is 2.22. The fourth-order valence-electron chi connectivity index (χ4n) is 3.80. The first-order valence-corrected chi connectivity index (χ1v) is 12.8. The summed E-state index contributed by atoms with van der Waals surface area (Å²) >= 11 is 0. The summed E-state index contributed by atoms with van der Waals surface area (Å²) in [6.45, 7) is 3.91. The van der Waals surface area contributed by atoms with Gasteiger partial charge in [0.25, 0.3) is 0 Å². The molecule has 1 heterocycles. The minimum absolute atomic E-state index is 0.375. The smallest absolute Gasteiger partial charge is 0.116 e. The normalized spacial score (nSPS) is 16.1. The summed E-state index contributed by atoms with van der Waals surface area (Å²) in [6.07, 6.45) is 32.9. The van der Waals surface area contributed by atoms with Crippen LogP contribution in [0.1, 0.15) is 135 Å². The van der Waals surface area contributed by atoms with Gasteiger partial charge in [0.2, 0.25) is 0 Å². The highest BCUT2D eigenvalue weighted by molar-refractivity contribution is 4.75. The highest BCUT2D eigenvalue weighted by Crippen LogP contribution is 2.15. The van der Waals surface area contributed by atoms with Gasteiger partial charge >= 0.3 is 0 Å². The van der Waals surface area contributed by atoms with Crippen LogP contribution in [-0.2, 0) is 9.47 Å². The Balaban J connectivity index is 1.61. The molecule has 1 atom stereocenters. The van der Waals surface area contributed by atoms with Crippen LogP contribution in [0.5, 0.6) is 0 Å². The summed E-state index contributed by atoms with van der Waals surface area (Å²) in [5, 5.41) is 0. The molecule has 1 saturated heterocycles. The van der Waals surface area contributed by atoms with E-state index >= 15 is 0 Å². The molecule has 0 aliphatic carbocycles. The van der Waals surface area contributed by atoms with Gasteiger partial charge in [0.1, 0.15) is 12.7 Å². The van der Waals surface area contributed by atoms with Crippen molar-refractivity contribution in [2.75, 3.05) is 13.2 Å².